The van der Waals surface area contributed by atoms with Gasteiger partial charge >= 0.3 is 0 Å². The Balaban J connectivity index is 1.61. The van der Waals surface area contributed by atoms with Gasteiger partial charge in [-0.2, -0.15) is 4.31 Å². The molecule has 1 saturated heterocycles. The molecule has 29 heavy (non-hydrogen) atoms. The van der Waals surface area contributed by atoms with Gasteiger partial charge in [-0.3, -0.25) is 0 Å². The minimum absolute atomic E-state index is 0.352. The van der Waals surface area contributed by atoms with E-state index in [0.717, 1.165) is 30.5 Å². The van der Waals surface area contributed by atoms with Crippen molar-refractivity contribution in [3.8, 4) is 0 Å². The van der Waals surface area contributed by atoms with Crippen LogP contribution in [0.25, 0.3) is 0 Å². The van der Waals surface area contributed by atoms with Crippen LogP contribution in [-0.2, 0) is 23.1 Å². The van der Waals surface area contributed by atoms with E-state index in [1.165, 1.54) is 0 Å². The zero-order valence-corrected chi connectivity index (χ0v) is 18.1. The summed E-state index contributed by atoms with van der Waals surface area (Å²) in [5.74, 6) is 0.696. The molecular formula is C21H27ClN4O2S. The molecule has 1 aliphatic heterocycles. The molecular weight excluding hydrogens is 408 g/mol. The quantitative estimate of drug-likeness (QED) is 0.517. The number of hydrogen-bond donors (Lipinski definition) is 2. The molecule has 0 aliphatic carbocycles. The smallest absolute Gasteiger partial charge is 0.243 e. The molecule has 8 heteroatoms. The summed E-state index contributed by atoms with van der Waals surface area (Å²) in [6, 6.07) is 14.7. The maximum absolute atomic E-state index is 12.6. The Morgan fingerprint density at radius 2 is 1.79 bits per heavy atom. The summed E-state index contributed by atoms with van der Waals surface area (Å²) in [6.07, 6.45) is 1.87. The highest BCUT2D eigenvalue weighted by Gasteiger charge is 2.26. The van der Waals surface area contributed by atoms with Crippen molar-refractivity contribution in [3.05, 3.63) is 64.7 Å². The molecule has 0 bridgehead atoms. The number of nitrogens with zero attached hydrogens (tertiary/aromatic N) is 2. The van der Waals surface area contributed by atoms with Crippen LogP contribution >= 0.6 is 11.6 Å². The molecule has 0 amide bonds. The number of sulfonamides is 1. The second kappa shape index (κ2) is 10.1. The van der Waals surface area contributed by atoms with E-state index in [0.29, 0.717) is 42.1 Å². The van der Waals surface area contributed by atoms with Gasteiger partial charge in [-0.15, -0.1) is 0 Å². The van der Waals surface area contributed by atoms with Gasteiger partial charge in [0, 0.05) is 31.2 Å². The molecule has 3 rings (SSSR count). The number of rotatable bonds is 7. The van der Waals surface area contributed by atoms with Crippen molar-refractivity contribution in [2.45, 2.75) is 37.8 Å². The minimum atomic E-state index is -3.37. The highest BCUT2D eigenvalue weighted by molar-refractivity contribution is 7.89. The van der Waals surface area contributed by atoms with E-state index in [1.807, 2.05) is 43.3 Å². The van der Waals surface area contributed by atoms with Crippen LogP contribution in [0, 0.1) is 0 Å². The molecule has 1 heterocycles. The fourth-order valence-electron chi connectivity index (χ4n) is 3.19. The van der Waals surface area contributed by atoms with Crippen molar-refractivity contribution in [1.29, 1.82) is 0 Å². The van der Waals surface area contributed by atoms with E-state index in [4.69, 9.17) is 11.6 Å². The first kappa shape index (κ1) is 21.6. The van der Waals surface area contributed by atoms with Crippen LogP contribution in [0.3, 0.4) is 0 Å². The van der Waals surface area contributed by atoms with Gasteiger partial charge in [0.05, 0.1) is 11.4 Å². The lowest BCUT2D eigenvalue weighted by atomic mass is 10.2. The number of halogens is 1. The first-order chi connectivity index (χ1) is 14.0. The molecule has 156 valence electrons. The zero-order chi connectivity index (χ0) is 20.7. The van der Waals surface area contributed by atoms with Crippen molar-refractivity contribution in [3.63, 3.8) is 0 Å². The van der Waals surface area contributed by atoms with E-state index in [2.05, 4.69) is 15.6 Å². The summed E-state index contributed by atoms with van der Waals surface area (Å²) < 4.78 is 26.8. The Morgan fingerprint density at radius 1 is 1.07 bits per heavy atom. The van der Waals surface area contributed by atoms with E-state index in [9.17, 15) is 8.42 Å². The summed E-state index contributed by atoms with van der Waals surface area (Å²) >= 11 is 6.02. The van der Waals surface area contributed by atoms with E-state index in [1.54, 1.807) is 16.4 Å². The Kier molecular flexibility index (Phi) is 7.52. The minimum Gasteiger partial charge on any atom is -0.357 e. The molecule has 0 aromatic heterocycles. The van der Waals surface area contributed by atoms with Gasteiger partial charge in [0.1, 0.15) is 0 Å². The van der Waals surface area contributed by atoms with Crippen LogP contribution in [-0.4, -0.2) is 38.3 Å². The fourth-order valence-corrected chi connectivity index (χ4v) is 4.92. The molecule has 6 nitrogen and oxygen atoms in total. The van der Waals surface area contributed by atoms with E-state index in [-0.39, 0.29) is 0 Å². The van der Waals surface area contributed by atoms with Crippen molar-refractivity contribution in [2.24, 2.45) is 4.99 Å². The van der Waals surface area contributed by atoms with Gasteiger partial charge in [-0.25, -0.2) is 13.4 Å². The van der Waals surface area contributed by atoms with Crippen LogP contribution in [0.15, 0.2) is 58.4 Å². The highest BCUT2D eigenvalue weighted by Crippen LogP contribution is 2.21. The average molecular weight is 435 g/mol. The van der Waals surface area contributed by atoms with Crippen molar-refractivity contribution < 1.29 is 8.42 Å². The van der Waals surface area contributed by atoms with Crippen molar-refractivity contribution in [1.82, 2.24) is 14.9 Å². The Labute approximate surface area is 178 Å². The maximum Gasteiger partial charge on any atom is 0.243 e. The summed E-state index contributed by atoms with van der Waals surface area (Å²) in [6.45, 7) is 5.04. The summed E-state index contributed by atoms with van der Waals surface area (Å²) in [7, 11) is -3.37. The number of hydrogen-bond acceptors (Lipinski definition) is 3. The Bertz CT molecular complexity index is 939. The second-order valence-corrected chi connectivity index (χ2v) is 9.31. The van der Waals surface area contributed by atoms with E-state index >= 15 is 0 Å². The van der Waals surface area contributed by atoms with Crippen LogP contribution < -0.4 is 10.6 Å². The number of aliphatic imine (C=N–C) groups is 1. The zero-order valence-electron chi connectivity index (χ0n) is 16.6. The normalized spacial score (nSPS) is 15.4. The molecule has 0 spiro atoms. The first-order valence-electron chi connectivity index (χ1n) is 9.85. The molecule has 0 unspecified atom stereocenters. The number of benzene rings is 2. The molecule has 1 fully saturated rings. The largest absolute Gasteiger partial charge is 0.357 e. The van der Waals surface area contributed by atoms with Gasteiger partial charge in [0.2, 0.25) is 10.0 Å². The van der Waals surface area contributed by atoms with Gasteiger partial charge < -0.3 is 10.6 Å². The predicted molar refractivity (Wildman–Crippen MR) is 118 cm³/mol. The van der Waals surface area contributed by atoms with Crippen LogP contribution in [0.5, 0.6) is 0 Å². The lowest BCUT2D eigenvalue weighted by molar-refractivity contribution is 0.477. The first-order valence-corrected chi connectivity index (χ1v) is 11.7. The SMILES string of the molecule is CCNC(=NCc1cccc(Cl)c1)NCc1ccc(S(=O)(=O)N2CCCC2)cc1. The standard InChI is InChI=1S/C21H27ClN4O2S/c1-2-23-21(25-16-18-6-5-7-19(22)14-18)24-15-17-8-10-20(11-9-17)29(27,28)26-12-3-4-13-26/h5-11,14H,2-4,12-13,15-16H2,1H3,(H2,23,24,25). The predicted octanol–water partition coefficient (Wildman–Crippen LogP) is 3.38. The number of nitrogens with one attached hydrogen (secondary N) is 2. The summed E-state index contributed by atoms with van der Waals surface area (Å²) in [5, 5.41) is 7.19. The van der Waals surface area contributed by atoms with Gasteiger partial charge in [0.25, 0.3) is 0 Å². The molecule has 0 atom stereocenters. The molecule has 2 aromatic rings. The average Bonchev–Trinajstić information content (AvgIpc) is 3.26. The summed E-state index contributed by atoms with van der Waals surface area (Å²) in [5.41, 5.74) is 2.02. The Hall–Kier alpha value is -2.09. The third kappa shape index (κ3) is 5.95. The van der Waals surface area contributed by atoms with Crippen molar-refractivity contribution in [2.75, 3.05) is 19.6 Å². The second-order valence-electron chi connectivity index (χ2n) is 6.93. The molecule has 0 radical (unpaired) electrons. The highest BCUT2D eigenvalue weighted by atomic mass is 35.5. The monoisotopic (exact) mass is 434 g/mol. The van der Waals surface area contributed by atoms with Crippen LogP contribution in [0.2, 0.25) is 5.02 Å². The number of guanidine groups is 1. The van der Waals surface area contributed by atoms with Crippen molar-refractivity contribution >= 4 is 27.6 Å². The third-order valence-electron chi connectivity index (χ3n) is 4.74. The topological polar surface area (TPSA) is 73.8 Å². The van der Waals surface area contributed by atoms with E-state index < -0.39 is 10.0 Å². The fraction of sp³-hybridized carbons (Fsp3) is 0.381. The Morgan fingerprint density at radius 3 is 2.45 bits per heavy atom. The lowest BCUT2D eigenvalue weighted by Crippen LogP contribution is -2.36. The van der Waals surface area contributed by atoms with Crippen LogP contribution in [0.1, 0.15) is 30.9 Å². The third-order valence-corrected chi connectivity index (χ3v) is 6.89. The van der Waals surface area contributed by atoms with Crippen LogP contribution in [0.4, 0.5) is 0 Å². The van der Waals surface area contributed by atoms with Gasteiger partial charge in [0.15, 0.2) is 5.96 Å². The van der Waals surface area contributed by atoms with Gasteiger partial charge in [-0.1, -0.05) is 35.9 Å². The van der Waals surface area contributed by atoms with Gasteiger partial charge in [-0.05, 0) is 55.2 Å². The molecule has 1 aliphatic rings. The molecule has 0 saturated carbocycles. The summed E-state index contributed by atoms with van der Waals surface area (Å²) in [4.78, 5) is 4.93. The maximum atomic E-state index is 12.6. The molecule has 2 aromatic carbocycles. The molecule has 2 N–H and O–H groups in total. The lowest BCUT2D eigenvalue weighted by Gasteiger charge is -2.16.